The summed E-state index contributed by atoms with van der Waals surface area (Å²) in [5.41, 5.74) is 2.60. The van der Waals surface area contributed by atoms with Crippen molar-refractivity contribution in [2.24, 2.45) is 11.8 Å². The summed E-state index contributed by atoms with van der Waals surface area (Å²) in [6.07, 6.45) is 11.7. The first kappa shape index (κ1) is 23.0. The minimum absolute atomic E-state index is 0.0947. The number of halogens is 1. The lowest BCUT2D eigenvalue weighted by Gasteiger charge is -2.16. The maximum absolute atomic E-state index is 12.7. The van der Waals surface area contributed by atoms with Gasteiger partial charge in [0, 0.05) is 30.8 Å². The first-order valence-corrected chi connectivity index (χ1v) is 13.4. The van der Waals surface area contributed by atoms with Gasteiger partial charge in [-0.1, -0.05) is 18.9 Å². The fourth-order valence-electron chi connectivity index (χ4n) is 5.69. The number of pyridine rings is 1. The molecule has 2 saturated carbocycles. The van der Waals surface area contributed by atoms with Crippen molar-refractivity contribution >= 4 is 49.5 Å². The van der Waals surface area contributed by atoms with E-state index in [4.69, 9.17) is 11.6 Å². The average molecular weight is 544 g/mol. The largest absolute Gasteiger partial charge is 0.353 e. The molecule has 4 aromatic rings. The zero-order valence-electron chi connectivity index (χ0n) is 19.8. The summed E-state index contributed by atoms with van der Waals surface area (Å²) in [6.45, 7) is 7.61. The summed E-state index contributed by atoms with van der Waals surface area (Å²) in [5.74, 6) is 1.47. The molecule has 9 heteroatoms. The highest BCUT2D eigenvalue weighted by Gasteiger charge is 2.32. The molecular weight excluding hydrogens is 518 g/mol. The van der Waals surface area contributed by atoms with Crippen LogP contribution in [0.1, 0.15) is 50.8 Å². The molecule has 2 aliphatic carbocycles. The molecule has 2 atom stereocenters. The third kappa shape index (κ3) is 4.35. The number of hydrogen-bond acceptors (Lipinski definition) is 5. The van der Waals surface area contributed by atoms with Crippen LogP contribution in [-0.2, 0) is 11.2 Å². The van der Waals surface area contributed by atoms with E-state index in [1.165, 1.54) is 12.8 Å². The fourth-order valence-corrected chi connectivity index (χ4v) is 6.13. The molecule has 8 nitrogen and oxygen atoms in total. The van der Waals surface area contributed by atoms with Crippen LogP contribution < -0.4 is 5.32 Å². The number of carbonyl (C=O) groups excluding carboxylic acids is 1. The van der Waals surface area contributed by atoms with Gasteiger partial charge < -0.3 is 5.32 Å². The fraction of sp³-hybridized carbons (Fsp3) is 0.407. The number of carbonyl (C=O) groups is 1. The second-order valence-corrected chi connectivity index (χ2v) is 10.7. The molecule has 0 unspecified atom stereocenters. The van der Waals surface area contributed by atoms with Gasteiger partial charge in [0.05, 0.1) is 23.2 Å². The van der Waals surface area contributed by atoms with E-state index >= 15 is 0 Å². The molecule has 6 rings (SSSR count). The lowest BCUT2D eigenvalue weighted by Crippen LogP contribution is -2.36. The average Bonchev–Trinajstić information content (AvgIpc) is 3.64. The van der Waals surface area contributed by atoms with Gasteiger partial charge in [0.2, 0.25) is 11.6 Å². The van der Waals surface area contributed by atoms with Gasteiger partial charge in [0.25, 0.3) is 0 Å². The Kier molecular flexibility index (Phi) is 6.13. The zero-order chi connectivity index (χ0) is 24.6. The molecule has 3 heterocycles. The summed E-state index contributed by atoms with van der Waals surface area (Å²) in [6, 6.07) is 7.95. The van der Waals surface area contributed by atoms with Crippen molar-refractivity contribution in [3.63, 3.8) is 0 Å². The van der Waals surface area contributed by atoms with E-state index in [9.17, 15) is 4.79 Å². The summed E-state index contributed by atoms with van der Waals surface area (Å²) in [4.78, 5) is 30.3. The molecule has 1 amide bonds. The molecule has 1 aromatic carbocycles. The SMILES string of the molecule is [C-]#[N+]c1cc(-n2nc(Br)c3cnc(C[C@@H]4CC[C@@H](C(=O)NC5CCCC5)C4)nc32)cc2cccnc12. The number of fused-ring (bicyclic) bond motifs is 2. The van der Waals surface area contributed by atoms with E-state index < -0.39 is 0 Å². The molecule has 0 radical (unpaired) electrons. The van der Waals surface area contributed by atoms with Gasteiger partial charge in [-0.25, -0.2) is 19.5 Å². The van der Waals surface area contributed by atoms with Crippen molar-refractivity contribution in [2.45, 2.75) is 57.4 Å². The number of hydrogen-bond donors (Lipinski definition) is 1. The highest BCUT2D eigenvalue weighted by atomic mass is 79.9. The third-order valence-corrected chi connectivity index (χ3v) is 8.13. The number of rotatable bonds is 5. The molecule has 0 aliphatic heterocycles. The van der Waals surface area contributed by atoms with Crippen molar-refractivity contribution in [3.05, 3.63) is 58.5 Å². The van der Waals surface area contributed by atoms with E-state index in [2.05, 4.69) is 41.2 Å². The highest BCUT2D eigenvalue weighted by Crippen LogP contribution is 2.35. The second kappa shape index (κ2) is 9.58. The molecule has 1 N–H and O–H groups in total. The zero-order valence-corrected chi connectivity index (χ0v) is 21.4. The Hall–Kier alpha value is -3.38. The van der Waals surface area contributed by atoms with Crippen molar-refractivity contribution < 1.29 is 4.79 Å². The molecule has 2 fully saturated rings. The molecule has 182 valence electrons. The lowest BCUT2D eigenvalue weighted by atomic mass is 10.0. The summed E-state index contributed by atoms with van der Waals surface area (Å²) >= 11 is 3.54. The quantitative estimate of drug-likeness (QED) is 0.326. The maximum Gasteiger partial charge on any atom is 0.223 e. The predicted molar refractivity (Wildman–Crippen MR) is 141 cm³/mol. The van der Waals surface area contributed by atoms with Crippen LogP contribution in [0.2, 0.25) is 0 Å². The highest BCUT2D eigenvalue weighted by molar-refractivity contribution is 9.10. The molecule has 0 bridgehead atoms. The number of nitrogens with zero attached hydrogens (tertiary/aromatic N) is 6. The van der Waals surface area contributed by atoms with Crippen LogP contribution in [0.5, 0.6) is 0 Å². The van der Waals surface area contributed by atoms with Crippen LogP contribution in [0.25, 0.3) is 32.5 Å². The van der Waals surface area contributed by atoms with Crippen molar-refractivity contribution in [1.29, 1.82) is 0 Å². The summed E-state index contributed by atoms with van der Waals surface area (Å²) in [5, 5.41) is 9.61. The molecule has 0 saturated heterocycles. The standard InChI is InChI=1S/C27H26BrN7O/c1-29-22-14-20(13-17-5-4-10-30-24(17)22)35-26-21(25(28)34-35)15-31-23(33-26)12-16-8-9-18(11-16)27(36)32-19-6-2-3-7-19/h4-5,10,13-16,18-19H,2-3,6-9,11-12H2,(H,32,36)/t16-,18-/m1/s1. The van der Waals surface area contributed by atoms with E-state index in [1.807, 2.05) is 24.4 Å². The minimum atomic E-state index is 0.0947. The van der Waals surface area contributed by atoms with Crippen LogP contribution in [-0.4, -0.2) is 36.7 Å². The van der Waals surface area contributed by atoms with Gasteiger partial charge in [-0.3, -0.25) is 9.78 Å². The Morgan fingerprint density at radius 3 is 2.89 bits per heavy atom. The number of nitrogens with one attached hydrogen (secondary N) is 1. The van der Waals surface area contributed by atoms with Crippen molar-refractivity contribution in [1.82, 2.24) is 30.0 Å². The van der Waals surface area contributed by atoms with E-state index in [0.29, 0.717) is 33.4 Å². The first-order chi connectivity index (χ1) is 17.6. The molecule has 36 heavy (non-hydrogen) atoms. The molecule has 2 aliphatic rings. The number of aromatic nitrogens is 5. The maximum atomic E-state index is 12.7. The van der Waals surface area contributed by atoms with Crippen LogP contribution in [0.3, 0.4) is 0 Å². The van der Waals surface area contributed by atoms with Crippen molar-refractivity contribution in [2.75, 3.05) is 0 Å². The number of amides is 1. The Labute approximate surface area is 217 Å². The second-order valence-electron chi connectivity index (χ2n) is 9.95. The number of benzene rings is 1. The molecule has 3 aromatic heterocycles. The Bertz CT molecular complexity index is 1500. The Morgan fingerprint density at radius 2 is 2.06 bits per heavy atom. The smallest absolute Gasteiger partial charge is 0.223 e. The van der Waals surface area contributed by atoms with Gasteiger partial charge in [0.15, 0.2) is 5.65 Å². The van der Waals surface area contributed by atoms with Gasteiger partial charge >= 0.3 is 0 Å². The first-order valence-electron chi connectivity index (χ1n) is 12.6. The van der Waals surface area contributed by atoms with Gasteiger partial charge in [-0.2, -0.15) is 5.10 Å². The molecular formula is C27H26BrN7O. The van der Waals surface area contributed by atoms with Gasteiger partial charge in [0.1, 0.15) is 10.4 Å². The van der Waals surface area contributed by atoms with Crippen LogP contribution in [0.15, 0.2) is 41.3 Å². The Balaban J connectivity index is 1.25. The van der Waals surface area contributed by atoms with E-state index in [-0.39, 0.29) is 11.8 Å². The molecule has 0 spiro atoms. The lowest BCUT2D eigenvalue weighted by molar-refractivity contribution is -0.125. The normalized spacial score (nSPS) is 20.2. The van der Waals surface area contributed by atoms with Crippen LogP contribution in [0, 0.1) is 18.4 Å². The Morgan fingerprint density at radius 1 is 1.19 bits per heavy atom. The van der Waals surface area contributed by atoms with Crippen LogP contribution in [0.4, 0.5) is 5.69 Å². The van der Waals surface area contributed by atoms with Crippen LogP contribution >= 0.6 is 15.9 Å². The van der Waals surface area contributed by atoms with Gasteiger partial charge in [-0.05, 0) is 77.5 Å². The third-order valence-electron chi connectivity index (χ3n) is 7.55. The summed E-state index contributed by atoms with van der Waals surface area (Å²) in [7, 11) is 0. The van der Waals surface area contributed by atoms with Crippen molar-refractivity contribution in [3.8, 4) is 5.69 Å². The predicted octanol–water partition coefficient (Wildman–Crippen LogP) is 5.69. The topological polar surface area (TPSA) is 90.0 Å². The summed E-state index contributed by atoms with van der Waals surface area (Å²) < 4.78 is 2.42. The van der Waals surface area contributed by atoms with E-state index in [1.54, 1.807) is 16.9 Å². The monoisotopic (exact) mass is 543 g/mol. The minimum Gasteiger partial charge on any atom is -0.353 e. The van der Waals surface area contributed by atoms with Gasteiger partial charge in [-0.15, -0.1) is 0 Å². The van der Waals surface area contributed by atoms with E-state index in [0.717, 1.165) is 60.8 Å².